The first-order valence-corrected chi connectivity index (χ1v) is 11.4. The summed E-state index contributed by atoms with van der Waals surface area (Å²) in [4.78, 5) is 4.64. The van der Waals surface area contributed by atoms with Crippen molar-refractivity contribution >= 4 is 11.4 Å². The lowest BCUT2D eigenvalue weighted by atomic mass is 10.0. The number of epoxide rings is 3. The average molecular weight is 425 g/mol. The molecule has 3 fully saturated rings. The molecular formula is C25H32N2O4. The Bertz CT molecular complexity index is 816. The highest BCUT2D eigenvalue weighted by Crippen LogP contribution is 2.24. The van der Waals surface area contributed by atoms with Crippen molar-refractivity contribution < 1.29 is 18.9 Å². The van der Waals surface area contributed by atoms with Crippen molar-refractivity contribution in [3.05, 3.63) is 59.7 Å². The molecule has 3 atom stereocenters. The molecule has 5 rings (SSSR count). The van der Waals surface area contributed by atoms with Crippen molar-refractivity contribution in [2.45, 2.75) is 31.7 Å². The molecule has 3 saturated heterocycles. The van der Waals surface area contributed by atoms with Gasteiger partial charge in [-0.2, -0.15) is 0 Å². The van der Waals surface area contributed by atoms with Crippen LogP contribution in [0.3, 0.4) is 0 Å². The Labute approximate surface area is 184 Å². The van der Waals surface area contributed by atoms with Gasteiger partial charge in [0.25, 0.3) is 0 Å². The summed E-state index contributed by atoms with van der Waals surface area (Å²) < 4.78 is 21.9. The minimum atomic E-state index is 0.344. The third-order valence-corrected chi connectivity index (χ3v) is 5.94. The maximum Gasteiger partial charge on any atom is 0.119 e. The molecular weight excluding hydrogens is 392 g/mol. The molecule has 0 N–H and O–H groups in total. The van der Waals surface area contributed by atoms with Gasteiger partial charge in [0.2, 0.25) is 0 Å². The van der Waals surface area contributed by atoms with E-state index in [0.29, 0.717) is 25.0 Å². The summed E-state index contributed by atoms with van der Waals surface area (Å²) in [7, 11) is 0. The Morgan fingerprint density at radius 1 is 0.710 bits per heavy atom. The normalized spacial score (nSPS) is 23.5. The van der Waals surface area contributed by atoms with Crippen LogP contribution in [-0.4, -0.2) is 71.1 Å². The van der Waals surface area contributed by atoms with E-state index in [4.69, 9.17) is 18.9 Å². The van der Waals surface area contributed by atoms with Gasteiger partial charge in [-0.25, -0.2) is 0 Å². The predicted octanol–water partition coefficient (Wildman–Crippen LogP) is 3.08. The standard InChI is InChI=1S/C25H32N2O4/c1-2-28-18-27(14-25-17-31-25)22-9-5-20(6-10-22)11-19-3-7-21(8-4-19)26(12-23-15-29-23)13-24-16-30-24/h3-10,23-25H,2,11-18H2,1H3. The molecule has 0 saturated carbocycles. The third-order valence-electron chi connectivity index (χ3n) is 5.94. The second kappa shape index (κ2) is 9.57. The SMILES string of the molecule is CCOCN(CC1CO1)c1ccc(Cc2ccc(N(CC3CO3)CC3CO3)cc2)cc1. The highest BCUT2D eigenvalue weighted by Gasteiger charge is 2.31. The molecule has 2 aromatic carbocycles. The van der Waals surface area contributed by atoms with Crippen molar-refractivity contribution in [2.75, 3.05) is 62.6 Å². The zero-order valence-electron chi connectivity index (χ0n) is 18.2. The van der Waals surface area contributed by atoms with E-state index in [1.165, 1.54) is 22.5 Å². The van der Waals surface area contributed by atoms with Crippen molar-refractivity contribution in [3.8, 4) is 0 Å². The summed E-state index contributed by atoms with van der Waals surface area (Å²) in [6.07, 6.45) is 2.03. The van der Waals surface area contributed by atoms with Crippen LogP contribution in [0.1, 0.15) is 18.1 Å². The molecule has 31 heavy (non-hydrogen) atoms. The number of anilines is 2. The summed E-state index contributed by atoms with van der Waals surface area (Å²) in [5, 5.41) is 0. The lowest BCUT2D eigenvalue weighted by molar-refractivity contribution is 0.146. The maximum absolute atomic E-state index is 5.64. The van der Waals surface area contributed by atoms with Crippen LogP contribution in [0.4, 0.5) is 11.4 Å². The van der Waals surface area contributed by atoms with Gasteiger partial charge in [0.1, 0.15) is 6.73 Å². The molecule has 2 aromatic rings. The number of hydrogen-bond donors (Lipinski definition) is 0. The van der Waals surface area contributed by atoms with Gasteiger partial charge in [-0.1, -0.05) is 24.3 Å². The Kier molecular flexibility index (Phi) is 6.41. The second-order valence-corrected chi connectivity index (χ2v) is 8.62. The zero-order valence-corrected chi connectivity index (χ0v) is 18.2. The third kappa shape index (κ3) is 6.20. The van der Waals surface area contributed by atoms with Crippen LogP contribution in [-0.2, 0) is 25.4 Å². The largest absolute Gasteiger partial charge is 0.371 e. The van der Waals surface area contributed by atoms with Crippen LogP contribution < -0.4 is 9.80 Å². The smallest absolute Gasteiger partial charge is 0.119 e. The number of nitrogens with zero attached hydrogens (tertiary/aromatic N) is 2. The van der Waals surface area contributed by atoms with Gasteiger partial charge in [0.15, 0.2) is 0 Å². The van der Waals surface area contributed by atoms with Crippen LogP contribution >= 0.6 is 0 Å². The highest BCUT2D eigenvalue weighted by atomic mass is 16.6. The Morgan fingerprint density at radius 2 is 1.13 bits per heavy atom. The van der Waals surface area contributed by atoms with E-state index < -0.39 is 0 Å². The van der Waals surface area contributed by atoms with Gasteiger partial charge in [-0.15, -0.1) is 0 Å². The highest BCUT2D eigenvalue weighted by molar-refractivity contribution is 5.50. The molecule has 0 radical (unpaired) electrons. The van der Waals surface area contributed by atoms with E-state index in [-0.39, 0.29) is 0 Å². The van der Waals surface area contributed by atoms with Crippen molar-refractivity contribution in [1.82, 2.24) is 0 Å². The van der Waals surface area contributed by atoms with Gasteiger partial charge < -0.3 is 28.7 Å². The minimum Gasteiger partial charge on any atom is -0.371 e. The fourth-order valence-electron chi connectivity index (χ4n) is 3.86. The van der Waals surface area contributed by atoms with Crippen molar-refractivity contribution in [2.24, 2.45) is 0 Å². The molecule has 6 heteroatoms. The second-order valence-electron chi connectivity index (χ2n) is 8.62. The summed E-state index contributed by atoms with van der Waals surface area (Å²) in [5.41, 5.74) is 5.06. The molecule has 0 aliphatic carbocycles. The van der Waals surface area contributed by atoms with Crippen molar-refractivity contribution in [1.29, 1.82) is 0 Å². The van der Waals surface area contributed by atoms with Gasteiger partial charge in [0.05, 0.1) is 38.1 Å². The first kappa shape index (κ1) is 20.8. The van der Waals surface area contributed by atoms with Crippen LogP contribution in [0, 0.1) is 0 Å². The molecule has 6 nitrogen and oxygen atoms in total. The van der Waals surface area contributed by atoms with Crippen LogP contribution in [0.25, 0.3) is 0 Å². The molecule has 0 spiro atoms. The van der Waals surface area contributed by atoms with Gasteiger partial charge in [-0.3, -0.25) is 0 Å². The fourth-order valence-corrected chi connectivity index (χ4v) is 3.86. The number of ether oxygens (including phenoxy) is 4. The van der Waals surface area contributed by atoms with Gasteiger partial charge in [-0.05, 0) is 48.7 Å². The molecule has 3 aliphatic rings. The Balaban J connectivity index is 1.20. The fraction of sp³-hybridized carbons (Fsp3) is 0.520. The van der Waals surface area contributed by atoms with Crippen LogP contribution in [0.5, 0.6) is 0 Å². The number of hydrogen-bond acceptors (Lipinski definition) is 6. The molecule has 3 heterocycles. The summed E-state index contributed by atoms with van der Waals surface area (Å²) in [5.74, 6) is 0. The van der Waals surface area contributed by atoms with Gasteiger partial charge in [0, 0.05) is 37.6 Å². The van der Waals surface area contributed by atoms with E-state index in [9.17, 15) is 0 Å². The summed E-state index contributed by atoms with van der Waals surface area (Å²) in [6.45, 7) is 8.75. The molecule has 0 aromatic heterocycles. The first-order valence-electron chi connectivity index (χ1n) is 11.4. The quantitative estimate of drug-likeness (QED) is 0.364. The summed E-state index contributed by atoms with van der Waals surface area (Å²) >= 11 is 0. The lowest BCUT2D eigenvalue weighted by Gasteiger charge is -2.24. The topological polar surface area (TPSA) is 53.3 Å². The molecule has 0 amide bonds. The monoisotopic (exact) mass is 424 g/mol. The van der Waals surface area contributed by atoms with Crippen molar-refractivity contribution in [3.63, 3.8) is 0 Å². The zero-order chi connectivity index (χ0) is 21.0. The van der Waals surface area contributed by atoms with E-state index in [0.717, 1.165) is 52.5 Å². The van der Waals surface area contributed by atoms with E-state index in [1.54, 1.807) is 0 Å². The van der Waals surface area contributed by atoms with Crippen LogP contribution in [0.2, 0.25) is 0 Å². The molecule has 0 bridgehead atoms. The predicted molar refractivity (Wildman–Crippen MR) is 121 cm³/mol. The van der Waals surface area contributed by atoms with E-state index >= 15 is 0 Å². The van der Waals surface area contributed by atoms with E-state index in [1.807, 2.05) is 6.92 Å². The molecule has 166 valence electrons. The maximum atomic E-state index is 5.64. The Morgan fingerprint density at radius 3 is 1.55 bits per heavy atom. The Hall–Kier alpha value is -2.12. The lowest BCUT2D eigenvalue weighted by Crippen LogP contribution is -2.31. The van der Waals surface area contributed by atoms with E-state index in [2.05, 4.69) is 58.3 Å². The average Bonchev–Trinajstić information content (AvgIpc) is 3.62. The van der Waals surface area contributed by atoms with Gasteiger partial charge >= 0.3 is 0 Å². The number of rotatable bonds is 13. The summed E-state index contributed by atoms with van der Waals surface area (Å²) in [6, 6.07) is 17.8. The molecule has 3 aliphatic heterocycles. The molecule has 3 unspecified atom stereocenters. The van der Waals surface area contributed by atoms with Crippen LogP contribution in [0.15, 0.2) is 48.5 Å². The minimum absolute atomic E-state index is 0.344. The first-order chi connectivity index (χ1) is 15.3. The number of benzene rings is 2.